The van der Waals surface area contributed by atoms with Crippen LogP contribution in [0.5, 0.6) is 0 Å². The number of unbranched alkanes of at least 4 members (excludes halogenated alkanes) is 3. The van der Waals surface area contributed by atoms with Crippen molar-refractivity contribution in [3.63, 3.8) is 0 Å². The Labute approximate surface area is 86.9 Å². The normalized spacial score (nSPS) is 25.5. The molecule has 3 nitrogen and oxygen atoms in total. The largest absolute Gasteiger partial charge is 0.348 e. The summed E-state index contributed by atoms with van der Waals surface area (Å²) in [7, 11) is 0. The summed E-state index contributed by atoms with van der Waals surface area (Å²) in [5.41, 5.74) is 5.42. The number of hydrogen-bond acceptors (Lipinski definition) is 3. The fraction of sp³-hybridized carbons (Fsp3) is 1.00. The Bertz CT molecular complexity index is 159. The molecule has 2 N–H and O–H groups in total. The van der Waals surface area contributed by atoms with Gasteiger partial charge in [0.1, 0.15) is 0 Å². The molecule has 0 aromatic rings. The van der Waals surface area contributed by atoms with Gasteiger partial charge in [-0.1, -0.05) is 19.3 Å². The van der Waals surface area contributed by atoms with E-state index in [0.717, 1.165) is 26.0 Å². The monoisotopic (exact) mass is 201 g/mol. The standard InChI is InChI=1S/C11H23NO2/c1-11(2)13-9-10(14-11)7-5-3-4-6-8-12/h10H,3-9,12H2,1-2H3. The van der Waals surface area contributed by atoms with Gasteiger partial charge in [0.2, 0.25) is 0 Å². The molecule has 0 saturated carbocycles. The van der Waals surface area contributed by atoms with Crippen LogP contribution in [0.2, 0.25) is 0 Å². The van der Waals surface area contributed by atoms with Crippen molar-refractivity contribution in [2.45, 2.75) is 57.8 Å². The van der Waals surface area contributed by atoms with Crippen molar-refractivity contribution in [1.29, 1.82) is 0 Å². The predicted octanol–water partition coefficient (Wildman–Crippen LogP) is 2.05. The van der Waals surface area contributed by atoms with Crippen molar-refractivity contribution in [3.8, 4) is 0 Å². The van der Waals surface area contributed by atoms with Gasteiger partial charge in [0.25, 0.3) is 0 Å². The Kier molecular flexibility index (Phi) is 4.85. The molecule has 0 aromatic carbocycles. The zero-order chi connectivity index (χ0) is 10.4. The van der Waals surface area contributed by atoms with Gasteiger partial charge in [0.05, 0.1) is 12.7 Å². The highest BCUT2D eigenvalue weighted by atomic mass is 16.7. The first-order valence-electron chi connectivity index (χ1n) is 5.66. The molecule has 0 aromatic heterocycles. The molecule has 3 heteroatoms. The molecule has 0 aliphatic carbocycles. The summed E-state index contributed by atoms with van der Waals surface area (Å²) in [4.78, 5) is 0. The average Bonchev–Trinajstić information content (AvgIpc) is 2.45. The van der Waals surface area contributed by atoms with Crippen molar-refractivity contribution in [3.05, 3.63) is 0 Å². The van der Waals surface area contributed by atoms with Crippen molar-refractivity contribution in [2.75, 3.05) is 13.2 Å². The molecule has 0 spiro atoms. The van der Waals surface area contributed by atoms with Crippen LogP contribution in [0.1, 0.15) is 46.0 Å². The van der Waals surface area contributed by atoms with Gasteiger partial charge in [-0.2, -0.15) is 0 Å². The quantitative estimate of drug-likeness (QED) is 0.669. The van der Waals surface area contributed by atoms with Gasteiger partial charge in [0.15, 0.2) is 5.79 Å². The van der Waals surface area contributed by atoms with Crippen LogP contribution in [0.25, 0.3) is 0 Å². The topological polar surface area (TPSA) is 44.5 Å². The van der Waals surface area contributed by atoms with E-state index in [2.05, 4.69) is 0 Å². The van der Waals surface area contributed by atoms with Crippen LogP contribution in [0.4, 0.5) is 0 Å². The van der Waals surface area contributed by atoms with E-state index in [1.807, 2.05) is 13.8 Å². The zero-order valence-electron chi connectivity index (χ0n) is 9.42. The third kappa shape index (κ3) is 4.40. The second-order valence-electron chi connectivity index (χ2n) is 4.44. The van der Waals surface area contributed by atoms with Gasteiger partial charge in [0, 0.05) is 0 Å². The maximum Gasteiger partial charge on any atom is 0.163 e. The van der Waals surface area contributed by atoms with E-state index in [9.17, 15) is 0 Å². The molecule has 0 radical (unpaired) electrons. The number of ether oxygens (including phenoxy) is 2. The first-order valence-corrected chi connectivity index (χ1v) is 5.66. The molecule has 0 amide bonds. The van der Waals surface area contributed by atoms with Crippen LogP contribution in [-0.4, -0.2) is 25.0 Å². The highest BCUT2D eigenvalue weighted by Gasteiger charge is 2.31. The maximum absolute atomic E-state index is 5.71. The summed E-state index contributed by atoms with van der Waals surface area (Å²) in [5, 5.41) is 0. The Balaban J connectivity index is 1.98. The molecule has 1 aliphatic rings. The Morgan fingerprint density at radius 3 is 2.50 bits per heavy atom. The molecular formula is C11H23NO2. The molecule has 14 heavy (non-hydrogen) atoms. The molecule has 0 bridgehead atoms. The smallest absolute Gasteiger partial charge is 0.163 e. The summed E-state index contributed by atoms with van der Waals surface area (Å²) < 4.78 is 11.2. The molecule has 1 aliphatic heterocycles. The van der Waals surface area contributed by atoms with Crippen molar-refractivity contribution < 1.29 is 9.47 Å². The lowest BCUT2D eigenvalue weighted by molar-refractivity contribution is -0.139. The minimum atomic E-state index is -0.359. The Morgan fingerprint density at radius 2 is 1.93 bits per heavy atom. The molecule has 1 saturated heterocycles. The van der Waals surface area contributed by atoms with Gasteiger partial charge in [-0.3, -0.25) is 0 Å². The van der Waals surface area contributed by atoms with E-state index in [1.165, 1.54) is 19.3 Å². The highest BCUT2D eigenvalue weighted by Crippen LogP contribution is 2.25. The maximum atomic E-state index is 5.71. The molecule has 84 valence electrons. The average molecular weight is 201 g/mol. The molecule has 1 heterocycles. The minimum Gasteiger partial charge on any atom is -0.348 e. The lowest BCUT2D eigenvalue weighted by atomic mass is 10.1. The van der Waals surface area contributed by atoms with Gasteiger partial charge in [-0.15, -0.1) is 0 Å². The molecule has 1 fully saturated rings. The third-order valence-electron chi connectivity index (χ3n) is 2.55. The summed E-state index contributed by atoms with van der Waals surface area (Å²) in [6, 6.07) is 0. The molecule has 1 rings (SSSR count). The van der Waals surface area contributed by atoms with Gasteiger partial charge >= 0.3 is 0 Å². The number of rotatable bonds is 6. The molecular weight excluding hydrogens is 178 g/mol. The summed E-state index contributed by atoms with van der Waals surface area (Å²) in [6.07, 6.45) is 6.30. The number of nitrogens with two attached hydrogens (primary N) is 1. The van der Waals surface area contributed by atoms with Crippen molar-refractivity contribution in [2.24, 2.45) is 5.73 Å². The fourth-order valence-electron chi connectivity index (χ4n) is 1.78. The Morgan fingerprint density at radius 1 is 1.21 bits per heavy atom. The van der Waals surface area contributed by atoms with E-state index in [1.54, 1.807) is 0 Å². The van der Waals surface area contributed by atoms with Crippen LogP contribution in [-0.2, 0) is 9.47 Å². The molecule has 1 unspecified atom stereocenters. The van der Waals surface area contributed by atoms with E-state index < -0.39 is 0 Å². The van der Waals surface area contributed by atoms with E-state index in [4.69, 9.17) is 15.2 Å². The van der Waals surface area contributed by atoms with Crippen LogP contribution >= 0.6 is 0 Å². The van der Waals surface area contributed by atoms with Crippen LogP contribution in [0, 0.1) is 0 Å². The second-order valence-corrected chi connectivity index (χ2v) is 4.44. The summed E-state index contributed by atoms with van der Waals surface area (Å²) in [6.45, 7) is 5.52. The minimum absolute atomic E-state index is 0.308. The van der Waals surface area contributed by atoms with Crippen LogP contribution in [0.15, 0.2) is 0 Å². The molecule has 1 atom stereocenters. The Hall–Kier alpha value is -0.120. The van der Waals surface area contributed by atoms with Gasteiger partial charge < -0.3 is 15.2 Å². The van der Waals surface area contributed by atoms with E-state index in [-0.39, 0.29) is 5.79 Å². The SMILES string of the molecule is CC1(C)OCC(CCCCCCN)O1. The van der Waals surface area contributed by atoms with Crippen molar-refractivity contribution in [1.82, 2.24) is 0 Å². The number of hydrogen-bond donors (Lipinski definition) is 1. The predicted molar refractivity (Wildman–Crippen MR) is 57.0 cm³/mol. The lowest BCUT2D eigenvalue weighted by Gasteiger charge is -2.16. The van der Waals surface area contributed by atoms with E-state index >= 15 is 0 Å². The summed E-state index contributed by atoms with van der Waals surface area (Å²) in [5.74, 6) is -0.359. The van der Waals surface area contributed by atoms with E-state index in [0.29, 0.717) is 6.10 Å². The van der Waals surface area contributed by atoms with Crippen molar-refractivity contribution >= 4 is 0 Å². The van der Waals surface area contributed by atoms with Gasteiger partial charge in [-0.05, 0) is 33.2 Å². The zero-order valence-corrected chi connectivity index (χ0v) is 9.42. The second kappa shape index (κ2) is 5.69. The highest BCUT2D eigenvalue weighted by molar-refractivity contribution is 4.70. The third-order valence-corrected chi connectivity index (χ3v) is 2.55. The summed E-state index contributed by atoms with van der Waals surface area (Å²) >= 11 is 0. The fourth-order valence-corrected chi connectivity index (χ4v) is 1.78. The lowest BCUT2D eigenvalue weighted by Crippen LogP contribution is -2.21. The first-order chi connectivity index (χ1) is 6.64. The first kappa shape index (κ1) is 12.0. The van der Waals surface area contributed by atoms with Crippen LogP contribution < -0.4 is 5.73 Å². The van der Waals surface area contributed by atoms with Crippen LogP contribution in [0.3, 0.4) is 0 Å². The van der Waals surface area contributed by atoms with Gasteiger partial charge in [-0.25, -0.2) is 0 Å².